The number of piperidine rings is 1. The number of carbonyl (C=O) groups excluding carboxylic acids is 1. The first kappa shape index (κ1) is 14.3. The number of carbonyl (C=O) groups is 1. The number of nitrogens with one attached hydrogen (secondary N) is 2. The van der Waals surface area contributed by atoms with Crippen molar-refractivity contribution >= 4 is 17.4 Å². The summed E-state index contributed by atoms with van der Waals surface area (Å²) in [5.74, 6) is 0.957. The molecule has 0 saturated carbocycles. The maximum absolute atomic E-state index is 12.6. The van der Waals surface area contributed by atoms with Crippen molar-refractivity contribution in [1.82, 2.24) is 10.3 Å². The third-order valence-electron chi connectivity index (χ3n) is 4.56. The largest absolute Gasteiger partial charge is 0.355 e. The topological polar surface area (TPSA) is 57.3 Å². The van der Waals surface area contributed by atoms with Gasteiger partial charge in [-0.2, -0.15) is 0 Å². The van der Waals surface area contributed by atoms with E-state index in [0.29, 0.717) is 0 Å². The van der Waals surface area contributed by atoms with E-state index in [1.54, 1.807) is 6.20 Å². The first-order valence-electron chi connectivity index (χ1n) is 7.95. The van der Waals surface area contributed by atoms with Gasteiger partial charge < -0.3 is 15.5 Å². The van der Waals surface area contributed by atoms with Crippen molar-refractivity contribution in [3.8, 4) is 0 Å². The second kappa shape index (κ2) is 6.02. The smallest absolute Gasteiger partial charge is 0.244 e. The van der Waals surface area contributed by atoms with Gasteiger partial charge in [0, 0.05) is 19.3 Å². The van der Waals surface area contributed by atoms with Crippen LogP contribution in [0.25, 0.3) is 0 Å². The molecule has 5 heteroatoms. The highest BCUT2D eigenvalue weighted by molar-refractivity contribution is 5.99. The molecule has 3 heterocycles. The number of anilines is 2. The van der Waals surface area contributed by atoms with Crippen LogP contribution in [0.2, 0.25) is 0 Å². The second-order valence-corrected chi connectivity index (χ2v) is 6.24. The molecular weight excluding hydrogens is 264 g/mol. The van der Waals surface area contributed by atoms with Crippen molar-refractivity contribution in [1.29, 1.82) is 0 Å². The van der Waals surface area contributed by atoms with Crippen LogP contribution < -0.4 is 15.5 Å². The van der Waals surface area contributed by atoms with Crippen LogP contribution in [0.5, 0.6) is 0 Å². The molecule has 1 unspecified atom stereocenters. The minimum atomic E-state index is -0.462. The van der Waals surface area contributed by atoms with Crippen LogP contribution in [-0.4, -0.2) is 36.1 Å². The monoisotopic (exact) mass is 288 g/mol. The van der Waals surface area contributed by atoms with E-state index < -0.39 is 5.54 Å². The summed E-state index contributed by atoms with van der Waals surface area (Å²) in [5, 5.41) is 6.45. The molecule has 2 aliphatic heterocycles. The summed E-state index contributed by atoms with van der Waals surface area (Å²) in [6.07, 6.45) is 7.33. The molecule has 2 N–H and O–H groups in total. The van der Waals surface area contributed by atoms with Crippen LogP contribution in [0, 0.1) is 0 Å². The fraction of sp³-hybridized carbons (Fsp3) is 0.625. The van der Waals surface area contributed by atoms with Crippen LogP contribution in [0.15, 0.2) is 18.3 Å². The predicted octanol–water partition coefficient (Wildman–Crippen LogP) is 2.15. The molecule has 3 rings (SSSR count). The third kappa shape index (κ3) is 3.02. The SMILES string of the molecule is CC1(C(=O)Nc2cccnc2N2CCCC2)CCCCN1. The lowest BCUT2D eigenvalue weighted by Crippen LogP contribution is -2.54. The Bertz CT molecular complexity index is 505. The summed E-state index contributed by atoms with van der Waals surface area (Å²) in [7, 11) is 0. The fourth-order valence-corrected chi connectivity index (χ4v) is 3.19. The summed E-state index contributed by atoms with van der Waals surface area (Å²) in [6, 6.07) is 3.83. The molecule has 2 saturated heterocycles. The zero-order valence-electron chi connectivity index (χ0n) is 12.7. The van der Waals surface area contributed by atoms with Gasteiger partial charge in [-0.05, 0) is 57.7 Å². The Morgan fingerprint density at radius 2 is 2.14 bits per heavy atom. The van der Waals surface area contributed by atoms with Gasteiger partial charge in [0.1, 0.15) is 0 Å². The van der Waals surface area contributed by atoms with Gasteiger partial charge in [-0.3, -0.25) is 4.79 Å². The Balaban J connectivity index is 1.76. The van der Waals surface area contributed by atoms with Gasteiger partial charge >= 0.3 is 0 Å². The zero-order valence-corrected chi connectivity index (χ0v) is 12.7. The van der Waals surface area contributed by atoms with Gasteiger partial charge in [0.2, 0.25) is 5.91 Å². The molecule has 0 bridgehead atoms. The van der Waals surface area contributed by atoms with Crippen molar-refractivity contribution in [3.63, 3.8) is 0 Å². The lowest BCUT2D eigenvalue weighted by molar-refractivity contribution is -0.122. The maximum Gasteiger partial charge on any atom is 0.244 e. The number of hydrogen-bond acceptors (Lipinski definition) is 4. The summed E-state index contributed by atoms with van der Waals surface area (Å²) >= 11 is 0. The van der Waals surface area contributed by atoms with Gasteiger partial charge in [0.25, 0.3) is 0 Å². The highest BCUT2D eigenvalue weighted by Crippen LogP contribution is 2.28. The number of amides is 1. The molecule has 2 fully saturated rings. The van der Waals surface area contributed by atoms with Crippen molar-refractivity contribution in [2.24, 2.45) is 0 Å². The first-order valence-corrected chi connectivity index (χ1v) is 7.95. The molecule has 1 aromatic heterocycles. The number of nitrogens with zero attached hydrogens (tertiary/aromatic N) is 2. The van der Waals surface area contributed by atoms with Gasteiger partial charge in [-0.25, -0.2) is 4.98 Å². The summed E-state index contributed by atoms with van der Waals surface area (Å²) < 4.78 is 0. The molecule has 1 atom stereocenters. The molecule has 114 valence electrons. The first-order chi connectivity index (χ1) is 10.2. The molecular formula is C16H24N4O. The maximum atomic E-state index is 12.6. The molecule has 0 aliphatic carbocycles. The molecule has 0 aromatic carbocycles. The molecule has 0 spiro atoms. The van der Waals surface area contributed by atoms with Crippen LogP contribution in [0.1, 0.15) is 39.0 Å². The lowest BCUT2D eigenvalue weighted by atomic mass is 9.90. The Morgan fingerprint density at radius 3 is 2.86 bits per heavy atom. The van der Waals surface area contributed by atoms with Crippen molar-refractivity contribution in [3.05, 3.63) is 18.3 Å². The fourth-order valence-electron chi connectivity index (χ4n) is 3.19. The molecule has 1 amide bonds. The zero-order chi connectivity index (χ0) is 14.7. The van der Waals surface area contributed by atoms with E-state index in [1.807, 2.05) is 19.1 Å². The summed E-state index contributed by atoms with van der Waals surface area (Å²) in [5.41, 5.74) is 0.370. The standard InChI is InChI=1S/C16H24N4O/c1-16(8-2-3-10-18-16)15(21)19-13-7-6-9-17-14(13)20-11-4-5-12-20/h6-7,9,18H,2-5,8,10-12H2,1H3,(H,19,21). The van der Waals surface area contributed by atoms with Crippen molar-refractivity contribution < 1.29 is 4.79 Å². The summed E-state index contributed by atoms with van der Waals surface area (Å²) in [4.78, 5) is 19.4. The predicted molar refractivity (Wildman–Crippen MR) is 84.6 cm³/mol. The van der Waals surface area contributed by atoms with Gasteiger partial charge in [0.05, 0.1) is 11.2 Å². The van der Waals surface area contributed by atoms with Gasteiger partial charge in [-0.1, -0.05) is 0 Å². The molecule has 1 aromatic rings. The van der Waals surface area contributed by atoms with Crippen molar-refractivity contribution in [2.75, 3.05) is 29.9 Å². The number of aromatic nitrogens is 1. The van der Waals surface area contributed by atoms with E-state index in [-0.39, 0.29) is 5.91 Å². The highest BCUT2D eigenvalue weighted by Gasteiger charge is 2.34. The van der Waals surface area contributed by atoms with E-state index in [2.05, 4.69) is 20.5 Å². The Hall–Kier alpha value is -1.62. The normalized spacial score (nSPS) is 25.9. The van der Waals surface area contributed by atoms with Crippen LogP contribution in [-0.2, 0) is 4.79 Å². The van der Waals surface area contributed by atoms with E-state index in [0.717, 1.165) is 50.4 Å². The molecule has 0 radical (unpaired) electrons. The minimum Gasteiger partial charge on any atom is -0.355 e. The van der Waals surface area contributed by atoms with Crippen LogP contribution in [0.4, 0.5) is 11.5 Å². The molecule has 2 aliphatic rings. The Morgan fingerprint density at radius 1 is 1.33 bits per heavy atom. The second-order valence-electron chi connectivity index (χ2n) is 6.24. The van der Waals surface area contributed by atoms with E-state index in [4.69, 9.17) is 0 Å². The quantitative estimate of drug-likeness (QED) is 0.895. The number of rotatable bonds is 3. The summed E-state index contributed by atoms with van der Waals surface area (Å²) in [6.45, 7) is 4.95. The number of hydrogen-bond donors (Lipinski definition) is 2. The van der Waals surface area contributed by atoms with Crippen LogP contribution >= 0.6 is 0 Å². The van der Waals surface area contributed by atoms with E-state index in [9.17, 15) is 4.79 Å². The van der Waals surface area contributed by atoms with Crippen molar-refractivity contribution in [2.45, 2.75) is 44.6 Å². The molecule has 21 heavy (non-hydrogen) atoms. The molecule has 5 nitrogen and oxygen atoms in total. The Labute approximate surface area is 126 Å². The van der Waals surface area contributed by atoms with Crippen LogP contribution in [0.3, 0.4) is 0 Å². The van der Waals surface area contributed by atoms with Gasteiger partial charge in [-0.15, -0.1) is 0 Å². The lowest BCUT2D eigenvalue weighted by Gasteiger charge is -2.33. The highest BCUT2D eigenvalue weighted by atomic mass is 16.2. The van der Waals surface area contributed by atoms with Gasteiger partial charge in [0.15, 0.2) is 5.82 Å². The van der Waals surface area contributed by atoms with E-state index >= 15 is 0 Å². The average molecular weight is 288 g/mol. The minimum absolute atomic E-state index is 0.0515. The van der Waals surface area contributed by atoms with E-state index in [1.165, 1.54) is 12.8 Å². The Kier molecular flexibility index (Phi) is 4.10. The average Bonchev–Trinajstić information content (AvgIpc) is 3.02. The number of pyridine rings is 1. The third-order valence-corrected chi connectivity index (χ3v) is 4.56.